The average molecular weight is 410 g/mol. The van der Waals surface area contributed by atoms with Gasteiger partial charge in [0.1, 0.15) is 5.82 Å². The highest BCUT2D eigenvalue weighted by Gasteiger charge is 2.44. The molecule has 0 atom stereocenters. The van der Waals surface area contributed by atoms with Crippen LogP contribution < -0.4 is 5.32 Å². The Hall–Kier alpha value is -2.11. The highest BCUT2D eigenvalue weighted by molar-refractivity contribution is 6.31. The lowest BCUT2D eigenvalue weighted by atomic mass is 9.79. The quantitative estimate of drug-likeness (QED) is 0.696. The number of anilines is 1. The third-order valence-corrected chi connectivity index (χ3v) is 5.32. The van der Waals surface area contributed by atoms with Gasteiger partial charge in [0.05, 0.1) is 10.4 Å². The van der Waals surface area contributed by atoms with Gasteiger partial charge in [-0.2, -0.15) is 0 Å². The molecule has 4 nitrogen and oxygen atoms in total. The summed E-state index contributed by atoms with van der Waals surface area (Å²) < 4.78 is 18.5. The first-order valence-electron chi connectivity index (χ1n) is 8.59. The number of carbonyl (C=O) groups excluding carboxylic acids is 2. The molecule has 7 heteroatoms. The van der Waals surface area contributed by atoms with Crippen molar-refractivity contribution in [2.45, 2.75) is 31.1 Å². The van der Waals surface area contributed by atoms with E-state index in [0.29, 0.717) is 23.6 Å². The Bertz CT molecular complexity index is 849. The van der Waals surface area contributed by atoms with E-state index in [1.54, 1.807) is 12.1 Å². The zero-order chi connectivity index (χ0) is 19.4. The van der Waals surface area contributed by atoms with E-state index in [2.05, 4.69) is 5.32 Å². The molecule has 3 rings (SSSR count). The van der Waals surface area contributed by atoms with E-state index >= 15 is 0 Å². The molecule has 2 aromatic carbocycles. The molecule has 2 aromatic rings. The SMILES string of the molecule is O=C(COC(=O)C1(c2ccc(Cl)cc2)CCCC1)Nc1ccc(F)c(Cl)c1. The van der Waals surface area contributed by atoms with Gasteiger partial charge in [0.25, 0.3) is 5.91 Å². The van der Waals surface area contributed by atoms with Gasteiger partial charge in [0.2, 0.25) is 0 Å². The van der Waals surface area contributed by atoms with Crippen LogP contribution in [0, 0.1) is 5.82 Å². The fraction of sp³-hybridized carbons (Fsp3) is 0.300. The Balaban J connectivity index is 1.65. The van der Waals surface area contributed by atoms with Gasteiger partial charge in [-0.25, -0.2) is 4.39 Å². The lowest BCUT2D eigenvalue weighted by Gasteiger charge is -2.27. The van der Waals surface area contributed by atoms with E-state index in [-0.39, 0.29) is 5.02 Å². The van der Waals surface area contributed by atoms with Crippen LogP contribution in [0.1, 0.15) is 31.2 Å². The molecule has 0 saturated heterocycles. The molecular weight excluding hydrogens is 392 g/mol. The number of halogens is 3. The van der Waals surface area contributed by atoms with Gasteiger partial charge in [-0.15, -0.1) is 0 Å². The number of amides is 1. The fourth-order valence-corrected chi connectivity index (χ4v) is 3.70. The van der Waals surface area contributed by atoms with Crippen molar-refractivity contribution in [3.8, 4) is 0 Å². The summed E-state index contributed by atoms with van der Waals surface area (Å²) in [5, 5.41) is 3.03. The van der Waals surface area contributed by atoms with Crippen molar-refractivity contribution >= 4 is 40.8 Å². The number of rotatable bonds is 5. The maximum atomic E-state index is 13.2. The maximum Gasteiger partial charge on any atom is 0.317 e. The van der Waals surface area contributed by atoms with Crippen molar-refractivity contribution in [3.05, 3.63) is 63.9 Å². The molecule has 0 radical (unpaired) electrons. The molecule has 0 aromatic heterocycles. The zero-order valence-corrected chi connectivity index (χ0v) is 15.9. The van der Waals surface area contributed by atoms with E-state index in [4.69, 9.17) is 27.9 Å². The third kappa shape index (κ3) is 4.42. The van der Waals surface area contributed by atoms with E-state index in [1.807, 2.05) is 12.1 Å². The Morgan fingerprint density at radius 1 is 1.07 bits per heavy atom. The Kier molecular flexibility index (Phi) is 6.02. The molecule has 1 N–H and O–H groups in total. The summed E-state index contributed by atoms with van der Waals surface area (Å²) in [5.41, 5.74) is 0.431. The highest BCUT2D eigenvalue weighted by Crippen LogP contribution is 2.42. The van der Waals surface area contributed by atoms with Crippen molar-refractivity contribution in [2.75, 3.05) is 11.9 Å². The molecule has 142 valence electrons. The van der Waals surface area contributed by atoms with Gasteiger partial charge < -0.3 is 10.1 Å². The summed E-state index contributed by atoms with van der Waals surface area (Å²) in [7, 11) is 0. The van der Waals surface area contributed by atoms with E-state index in [1.165, 1.54) is 12.1 Å². The van der Waals surface area contributed by atoms with Gasteiger partial charge in [-0.05, 0) is 48.7 Å². The minimum absolute atomic E-state index is 0.0996. The van der Waals surface area contributed by atoms with Crippen LogP contribution >= 0.6 is 23.2 Å². The number of nitrogens with one attached hydrogen (secondary N) is 1. The standard InChI is InChI=1S/C20H18Cl2FNO3/c21-14-5-3-13(4-6-14)20(9-1-2-10-20)19(26)27-12-18(25)24-15-7-8-17(23)16(22)11-15/h3-8,11H,1-2,9-10,12H2,(H,24,25). The number of esters is 1. The first kappa shape index (κ1) is 19.6. The molecule has 27 heavy (non-hydrogen) atoms. The molecule has 1 aliphatic rings. The zero-order valence-electron chi connectivity index (χ0n) is 14.4. The largest absolute Gasteiger partial charge is 0.455 e. The van der Waals surface area contributed by atoms with E-state index in [9.17, 15) is 14.0 Å². The molecule has 0 spiro atoms. The maximum absolute atomic E-state index is 13.2. The summed E-state index contributed by atoms with van der Waals surface area (Å²) in [6, 6.07) is 11.0. The van der Waals surface area contributed by atoms with Gasteiger partial charge in [0, 0.05) is 10.7 Å². The predicted octanol–water partition coefficient (Wildman–Crippen LogP) is 5.13. The molecule has 0 aliphatic heterocycles. The van der Waals surface area contributed by atoms with Gasteiger partial charge >= 0.3 is 5.97 Å². The molecule has 1 saturated carbocycles. The van der Waals surface area contributed by atoms with Gasteiger partial charge in [-0.1, -0.05) is 48.2 Å². The topological polar surface area (TPSA) is 55.4 Å². The molecule has 1 aliphatic carbocycles. The van der Waals surface area contributed by atoms with Crippen molar-refractivity contribution in [2.24, 2.45) is 0 Å². The number of hydrogen-bond acceptors (Lipinski definition) is 3. The Morgan fingerprint density at radius 3 is 2.37 bits per heavy atom. The van der Waals surface area contributed by atoms with Crippen LogP contribution in [0.5, 0.6) is 0 Å². The van der Waals surface area contributed by atoms with Crippen LogP contribution in [0.2, 0.25) is 10.0 Å². The normalized spacial score (nSPS) is 15.4. The van der Waals surface area contributed by atoms with E-state index in [0.717, 1.165) is 24.5 Å². The summed E-state index contributed by atoms with van der Waals surface area (Å²) in [6.07, 6.45) is 3.17. The Morgan fingerprint density at radius 2 is 1.74 bits per heavy atom. The van der Waals surface area contributed by atoms with Crippen molar-refractivity contribution in [3.63, 3.8) is 0 Å². The molecule has 1 amide bonds. The molecule has 0 bridgehead atoms. The number of hydrogen-bond donors (Lipinski definition) is 1. The fourth-order valence-electron chi connectivity index (χ4n) is 3.40. The molecule has 1 fully saturated rings. The minimum Gasteiger partial charge on any atom is -0.455 e. The summed E-state index contributed by atoms with van der Waals surface area (Å²) in [4.78, 5) is 24.9. The first-order valence-corrected chi connectivity index (χ1v) is 9.34. The van der Waals surface area contributed by atoms with Crippen molar-refractivity contribution in [1.29, 1.82) is 0 Å². The van der Waals surface area contributed by atoms with Crippen LogP contribution in [-0.2, 0) is 19.7 Å². The molecule has 0 heterocycles. The smallest absolute Gasteiger partial charge is 0.317 e. The summed E-state index contributed by atoms with van der Waals surface area (Å²) in [6.45, 7) is -0.427. The highest BCUT2D eigenvalue weighted by atomic mass is 35.5. The molecule has 0 unspecified atom stereocenters. The van der Waals surface area contributed by atoms with Crippen LogP contribution in [0.25, 0.3) is 0 Å². The van der Waals surface area contributed by atoms with Gasteiger partial charge in [-0.3, -0.25) is 9.59 Å². The second-order valence-corrected chi connectivity index (χ2v) is 7.39. The monoisotopic (exact) mass is 409 g/mol. The Labute approximate surface area is 166 Å². The molecular formula is C20H18Cl2FNO3. The van der Waals surface area contributed by atoms with Crippen LogP contribution in [0.4, 0.5) is 10.1 Å². The average Bonchev–Trinajstić information content (AvgIpc) is 3.14. The third-order valence-electron chi connectivity index (χ3n) is 4.78. The summed E-state index contributed by atoms with van der Waals surface area (Å²) in [5.74, 6) is -1.52. The number of ether oxygens (including phenoxy) is 1. The van der Waals surface area contributed by atoms with Crippen molar-refractivity contribution < 1.29 is 18.7 Å². The second kappa shape index (κ2) is 8.28. The lowest BCUT2D eigenvalue weighted by molar-refractivity contribution is -0.153. The predicted molar refractivity (Wildman–Crippen MR) is 103 cm³/mol. The van der Waals surface area contributed by atoms with Crippen LogP contribution in [-0.4, -0.2) is 18.5 Å². The van der Waals surface area contributed by atoms with Gasteiger partial charge in [0.15, 0.2) is 6.61 Å². The summed E-state index contributed by atoms with van der Waals surface area (Å²) >= 11 is 11.6. The van der Waals surface area contributed by atoms with Crippen LogP contribution in [0.15, 0.2) is 42.5 Å². The number of carbonyl (C=O) groups is 2. The van der Waals surface area contributed by atoms with Crippen LogP contribution in [0.3, 0.4) is 0 Å². The van der Waals surface area contributed by atoms with Crippen molar-refractivity contribution in [1.82, 2.24) is 0 Å². The first-order chi connectivity index (χ1) is 12.9. The lowest BCUT2D eigenvalue weighted by Crippen LogP contribution is -2.36. The minimum atomic E-state index is -0.746. The number of benzene rings is 2. The van der Waals surface area contributed by atoms with E-state index < -0.39 is 29.7 Å². The second-order valence-electron chi connectivity index (χ2n) is 6.55.